The van der Waals surface area contributed by atoms with Gasteiger partial charge in [0.25, 0.3) is 5.91 Å². The van der Waals surface area contributed by atoms with E-state index in [1.807, 2.05) is 31.2 Å². The zero-order valence-corrected chi connectivity index (χ0v) is 11.5. The number of unbranched alkanes of at least 4 members (excludes halogenated alkanes) is 2. The first-order valence-corrected chi connectivity index (χ1v) is 6.64. The predicted octanol–water partition coefficient (Wildman–Crippen LogP) is 3.07. The van der Waals surface area contributed by atoms with Crippen LogP contribution in [0.25, 0.3) is 0 Å². The molecule has 3 nitrogen and oxygen atoms in total. The summed E-state index contributed by atoms with van der Waals surface area (Å²) in [6, 6.07) is 7.72. The van der Waals surface area contributed by atoms with E-state index in [1.54, 1.807) is 6.92 Å². The number of carbonyl (C=O) groups excluding carboxylic acids is 1. The van der Waals surface area contributed by atoms with Crippen molar-refractivity contribution >= 4 is 5.91 Å². The maximum Gasteiger partial charge on any atom is 0.260 e. The molecule has 0 aliphatic heterocycles. The van der Waals surface area contributed by atoms with Gasteiger partial charge >= 0.3 is 0 Å². The summed E-state index contributed by atoms with van der Waals surface area (Å²) in [6.45, 7) is 6.67. The second kappa shape index (κ2) is 7.75. The van der Waals surface area contributed by atoms with Gasteiger partial charge in [0, 0.05) is 6.54 Å². The Morgan fingerprint density at radius 3 is 2.56 bits per heavy atom. The summed E-state index contributed by atoms with van der Waals surface area (Å²) in [7, 11) is 0. The Morgan fingerprint density at radius 1 is 1.28 bits per heavy atom. The summed E-state index contributed by atoms with van der Waals surface area (Å²) < 4.78 is 5.58. The van der Waals surface area contributed by atoms with Gasteiger partial charge in [0.05, 0.1) is 0 Å². The highest BCUT2D eigenvalue weighted by molar-refractivity contribution is 5.80. The molecule has 0 aliphatic rings. The third kappa shape index (κ3) is 5.21. The second-order valence-corrected chi connectivity index (χ2v) is 4.57. The Kier molecular flexibility index (Phi) is 6.26. The summed E-state index contributed by atoms with van der Waals surface area (Å²) >= 11 is 0. The Morgan fingerprint density at radius 2 is 1.94 bits per heavy atom. The predicted molar refractivity (Wildman–Crippen MR) is 73.8 cm³/mol. The molecule has 1 atom stereocenters. The number of rotatable bonds is 7. The Labute approximate surface area is 110 Å². The molecule has 1 aromatic rings. The zero-order valence-electron chi connectivity index (χ0n) is 11.5. The van der Waals surface area contributed by atoms with Crippen LogP contribution in [0.4, 0.5) is 0 Å². The van der Waals surface area contributed by atoms with Crippen LogP contribution in [0.1, 0.15) is 38.7 Å². The molecule has 1 N–H and O–H groups in total. The molecule has 1 amide bonds. The van der Waals surface area contributed by atoms with E-state index in [0.29, 0.717) is 0 Å². The van der Waals surface area contributed by atoms with E-state index in [4.69, 9.17) is 4.74 Å². The smallest absolute Gasteiger partial charge is 0.260 e. The molecular weight excluding hydrogens is 226 g/mol. The molecule has 0 radical (unpaired) electrons. The van der Waals surface area contributed by atoms with Gasteiger partial charge in [0.15, 0.2) is 6.10 Å². The molecule has 3 heteroatoms. The minimum Gasteiger partial charge on any atom is -0.481 e. The van der Waals surface area contributed by atoms with Crippen LogP contribution in [0.2, 0.25) is 0 Å². The molecule has 0 aromatic heterocycles. The van der Waals surface area contributed by atoms with E-state index < -0.39 is 6.10 Å². The molecule has 0 unspecified atom stereocenters. The number of benzene rings is 1. The Hall–Kier alpha value is -1.51. The quantitative estimate of drug-likeness (QED) is 0.754. The van der Waals surface area contributed by atoms with E-state index in [2.05, 4.69) is 12.2 Å². The molecule has 0 bridgehead atoms. The maximum atomic E-state index is 11.7. The van der Waals surface area contributed by atoms with Gasteiger partial charge in [-0.25, -0.2) is 0 Å². The van der Waals surface area contributed by atoms with Crippen LogP contribution in [0.5, 0.6) is 5.75 Å². The van der Waals surface area contributed by atoms with E-state index in [1.165, 1.54) is 5.56 Å². The van der Waals surface area contributed by atoms with Crippen molar-refractivity contribution in [1.29, 1.82) is 0 Å². The lowest BCUT2D eigenvalue weighted by atomic mass is 10.2. The van der Waals surface area contributed by atoms with Gasteiger partial charge < -0.3 is 10.1 Å². The van der Waals surface area contributed by atoms with Gasteiger partial charge in [-0.3, -0.25) is 4.79 Å². The van der Waals surface area contributed by atoms with Gasteiger partial charge in [-0.15, -0.1) is 0 Å². The van der Waals surface area contributed by atoms with Crippen LogP contribution in [-0.4, -0.2) is 18.6 Å². The molecule has 0 fully saturated rings. The average molecular weight is 249 g/mol. The monoisotopic (exact) mass is 249 g/mol. The summed E-state index contributed by atoms with van der Waals surface area (Å²) in [6.07, 6.45) is 2.88. The number of hydrogen-bond acceptors (Lipinski definition) is 2. The summed E-state index contributed by atoms with van der Waals surface area (Å²) in [5, 5.41) is 2.88. The molecular formula is C15H23NO2. The van der Waals surface area contributed by atoms with Gasteiger partial charge in [0.2, 0.25) is 0 Å². The fourth-order valence-corrected chi connectivity index (χ4v) is 1.60. The summed E-state index contributed by atoms with van der Waals surface area (Å²) in [4.78, 5) is 11.7. The topological polar surface area (TPSA) is 38.3 Å². The van der Waals surface area contributed by atoms with E-state index in [-0.39, 0.29) is 5.91 Å². The first-order chi connectivity index (χ1) is 8.63. The lowest BCUT2D eigenvalue weighted by molar-refractivity contribution is -0.127. The van der Waals surface area contributed by atoms with Crippen LogP contribution >= 0.6 is 0 Å². The second-order valence-electron chi connectivity index (χ2n) is 4.57. The van der Waals surface area contributed by atoms with Crippen molar-refractivity contribution in [2.45, 2.75) is 46.1 Å². The molecule has 0 saturated carbocycles. The van der Waals surface area contributed by atoms with Crippen LogP contribution in [-0.2, 0) is 4.79 Å². The van der Waals surface area contributed by atoms with E-state index >= 15 is 0 Å². The van der Waals surface area contributed by atoms with E-state index in [9.17, 15) is 4.79 Å². The fourth-order valence-electron chi connectivity index (χ4n) is 1.60. The van der Waals surface area contributed by atoms with Crippen molar-refractivity contribution in [3.05, 3.63) is 29.8 Å². The molecule has 0 saturated heterocycles. The first-order valence-electron chi connectivity index (χ1n) is 6.64. The number of hydrogen-bond donors (Lipinski definition) is 1. The Balaban J connectivity index is 2.33. The van der Waals surface area contributed by atoms with E-state index in [0.717, 1.165) is 31.6 Å². The largest absolute Gasteiger partial charge is 0.481 e. The lowest BCUT2D eigenvalue weighted by Crippen LogP contribution is -2.36. The van der Waals surface area contributed by atoms with Crippen molar-refractivity contribution in [3.63, 3.8) is 0 Å². The van der Waals surface area contributed by atoms with Crippen molar-refractivity contribution in [1.82, 2.24) is 5.32 Å². The fraction of sp³-hybridized carbons (Fsp3) is 0.533. The van der Waals surface area contributed by atoms with Crippen LogP contribution in [0.3, 0.4) is 0 Å². The SMILES string of the molecule is CCCCCNC(=O)[C@@H](C)Oc1ccc(C)cc1. The molecule has 0 spiro atoms. The Bertz CT molecular complexity index is 359. The van der Waals surface area contributed by atoms with Crippen LogP contribution in [0.15, 0.2) is 24.3 Å². The number of nitrogens with one attached hydrogen (secondary N) is 1. The highest BCUT2D eigenvalue weighted by Crippen LogP contribution is 2.13. The number of amides is 1. The molecule has 1 aromatic carbocycles. The normalized spacial score (nSPS) is 11.9. The minimum absolute atomic E-state index is 0.0494. The van der Waals surface area contributed by atoms with Crippen molar-refractivity contribution in [2.75, 3.05) is 6.54 Å². The number of ether oxygens (including phenoxy) is 1. The molecule has 100 valence electrons. The average Bonchev–Trinajstić information content (AvgIpc) is 2.37. The lowest BCUT2D eigenvalue weighted by Gasteiger charge is -2.14. The van der Waals surface area contributed by atoms with Gasteiger partial charge in [0.1, 0.15) is 5.75 Å². The van der Waals surface area contributed by atoms with Crippen LogP contribution < -0.4 is 10.1 Å². The van der Waals surface area contributed by atoms with Crippen molar-refractivity contribution < 1.29 is 9.53 Å². The van der Waals surface area contributed by atoms with Gasteiger partial charge in [-0.05, 0) is 32.4 Å². The summed E-state index contributed by atoms with van der Waals surface area (Å²) in [5.41, 5.74) is 1.18. The zero-order chi connectivity index (χ0) is 13.4. The first kappa shape index (κ1) is 14.6. The van der Waals surface area contributed by atoms with Gasteiger partial charge in [-0.2, -0.15) is 0 Å². The third-order valence-electron chi connectivity index (χ3n) is 2.78. The van der Waals surface area contributed by atoms with Crippen molar-refractivity contribution in [3.8, 4) is 5.75 Å². The standard InChI is InChI=1S/C15H23NO2/c1-4-5-6-11-16-15(17)13(3)18-14-9-7-12(2)8-10-14/h7-10,13H,4-6,11H2,1-3H3,(H,16,17)/t13-/m1/s1. The molecule has 0 heterocycles. The summed E-state index contributed by atoms with van der Waals surface area (Å²) in [5.74, 6) is 0.684. The molecule has 1 rings (SSSR count). The number of aryl methyl sites for hydroxylation is 1. The highest BCUT2D eigenvalue weighted by Gasteiger charge is 2.13. The number of carbonyl (C=O) groups is 1. The van der Waals surface area contributed by atoms with Crippen molar-refractivity contribution in [2.24, 2.45) is 0 Å². The van der Waals surface area contributed by atoms with Gasteiger partial charge in [-0.1, -0.05) is 37.5 Å². The molecule has 18 heavy (non-hydrogen) atoms. The minimum atomic E-state index is -0.450. The maximum absolute atomic E-state index is 11.7. The molecule has 0 aliphatic carbocycles. The van der Waals surface area contributed by atoms with Crippen LogP contribution in [0, 0.1) is 6.92 Å². The highest BCUT2D eigenvalue weighted by atomic mass is 16.5. The third-order valence-corrected chi connectivity index (χ3v) is 2.78.